The van der Waals surface area contributed by atoms with Crippen LogP contribution in [0.1, 0.15) is 30.4 Å². The summed E-state index contributed by atoms with van der Waals surface area (Å²) in [7, 11) is 3.86. The number of amides is 1. The minimum atomic E-state index is 0.241. The Morgan fingerprint density at radius 2 is 1.92 bits per heavy atom. The van der Waals surface area contributed by atoms with Gasteiger partial charge in [-0.2, -0.15) is 5.10 Å². The highest BCUT2D eigenvalue weighted by atomic mass is 16.2. The Morgan fingerprint density at radius 3 is 2.56 bits per heavy atom. The van der Waals surface area contributed by atoms with Crippen LogP contribution in [0, 0.1) is 0 Å². The van der Waals surface area contributed by atoms with Gasteiger partial charge in [-0.3, -0.25) is 14.4 Å². The predicted octanol–water partition coefficient (Wildman–Crippen LogP) is 2.48. The molecule has 5 nitrogen and oxygen atoms in total. The molecule has 0 atom stereocenters. The number of aryl methyl sites for hydroxylation is 2. The summed E-state index contributed by atoms with van der Waals surface area (Å²) in [5.41, 5.74) is 2.49. The Labute approximate surface area is 150 Å². The molecule has 3 rings (SSSR count). The highest BCUT2D eigenvalue weighted by Crippen LogP contribution is 2.18. The lowest BCUT2D eigenvalue weighted by Crippen LogP contribution is -2.45. The van der Waals surface area contributed by atoms with E-state index in [1.54, 1.807) is 4.68 Å². The van der Waals surface area contributed by atoms with E-state index in [0.29, 0.717) is 12.5 Å². The van der Waals surface area contributed by atoms with E-state index in [1.807, 2.05) is 31.4 Å². The summed E-state index contributed by atoms with van der Waals surface area (Å²) in [6.45, 7) is 3.12. The van der Waals surface area contributed by atoms with Gasteiger partial charge in [-0.25, -0.2) is 0 Å². The lowest BCUT2D eigenvalue weighted by molar-refractivity contribution is -0.132. The summed E-state index contributed by atoms with van der Waals surface area (Å²) in [5.74, 6) is 0.241. The molecule has 5 heteroatoms. The lowest BCUT2D eigenvalue weighted by Gasteiger charge is -2.36. The molecule has 1 aromatic heterocycles. The van der Waals surface area contributed by atoms with Crippen molar-refractivity contribution < 1.29 is 4.79 Å². The third-order valence-corrected chi connectivity index (χ3v) is 5.13. The standard InChI is InChI=1S/C20H28N4O/c1-22-15-18(14-21-22)8-9-20(25)23(2)19-10-12-24(13-11-19)16-17-6-4-3-5-7-17/h3-7,14-15,19H,8-13,16H2,1-2H3. The van der Waals surface area contributed by atoms with E-state index >= 15 is 0 Å². The molecule has 0 N–H and O–H groups in total. The molecule has 1 saturated heterocycles. The highest BCUT2D eigenvalue weighted by Gasteiger charge is 2.25. The monoisotopic (exact) mass is 340 g/mol. The molecule has 0 unspecified atom stereocenters. The second-order valence-corrected chi connectivity index (χ2v) is 7.02. The molecule has 134 valence electrons. The average Bonchev–Trinajstić information content (AvgIpc) is 3.06. The van der Waals surface area contributed by atoms with Crippen molar-refractivity contribution in [1.29, 1.82) is 0 Å². The molecule has 1 aliphatic heterocycles. The molecule has 1 fully saturated rings. The largest absolute Gasteiger partial charge is 0.343 e. The van der Waals surface area contributed by atoms with Gasteiger partial charge in [0.25, 0.3) is 0 Å². The molecular formula is C20H28N4O. The summed E-state index contributed by atoms with van der Waals surface area (Å²) in [6.07, 6.45) is 7.27. The Bertz CT molecular complexity index is 674. The van der Waals surface area contributed by atoms with Crippen LogP contribution in [-0.4, -0.2) is 51.7 Å². The number of carbonyl (C=O) groups excluding carboxylic acids is 1. The SMILES string of the molecule is CN(C(=O)CCc1cnn(C)c1)C1CCN(Cc2ccccc2)CC1. The van der Waals surface area contributed by atoms with E-state index in [4.69, 9.17) is 0 Å². The highest BCUT2D eigenvalue weighted by molar-refractivity contribution is 5.76. The Hall–Kier alpha value is -2.14. The van der Waals surface area contributed by atoms with Gasteiger partial charge in [0.1, 0.15) is 0 Å². The minimum Gasteiger partial charge on any atom is -0.343 e. The van der Waals surface area contributed by atoms with Crippen molar-refractivity contribution in [2.45, 2.75) is 38.3 Å². The lowest BCUT2D eigenvalue weighted by atomic mass is 10.0. The van der Waals surface area contributed by atoms with Gasteiger partial charge < -0.3 is 4.90 Å². The smallest absolute Gasteiger partial charge is 0.222 e. The molecule has 0 aliphatic carbocycles. The summed E-state index contributed by atoms with van der Waals surface area (Å²) < 4.78 is 1.78. The first-order valence-electron chi connectivity index (χ1n) is 9.11. The molecule has 2 aromatic rings. The second-order valence-electron chi connectivity index (χ2n) is 7.02. The fraction of sp³-hybridized carbons (Fsp3) is 0.500. The van der Waals surface area contributed by atoms with Crippen molar-refractivity contribution >= 4 is 5.91 Å². The number of piperidine rings is 1. The maximum atomic E-state index is 12.5. The van der Waals surface area contributed by atoms with E-state index in [0.717, 1.165) is 44.5 Å². The third-order valence-electron chi connectivity index (χ3n) is 5.13. The fourth-order valence-electron chi connectivity index (χ4n) is 3.54. The number of benzene rings is 1. The predicted molar refractivity (Wildman–Crippen MR) is 99.0 cm³/mol. The maximum absolute atomic E-state index is 12.5. The summed E-state index contributed by atoms with van der Waals surface area (Å²) in [5, 5.41) is 4.16. The Kier molecular flexibility index (Phi) is 5.87. The summed E-state index contributed by atoms with van der Waals surface area (Å²) >= 11 is 0. The van der Waals surface area contributed by atoms with Gasteiger partial charge in [0.05, 0.1) is 6.20 Å². The second kappa shape index (κ2) is 8.30. The third kappa shape index (κ3) is 4.92. The zero-order chi connectivity index (χ0) is 17.6. The number of hydrogen-bond acceptors (Lipinski definition) is 3. The van der Waals surface area contributed by atoms with Crippen molar-refractivity contribution in [1.82, 2.24) is 19.6 Å². The van der Waals surface area contributed by atoms with Gasteiger partial charge in [-0.15, -0.1) is 0 Å². The molecule has 0 radical (unpaired) electrons. The molecule has 2 heterocycles. The van der Waals surface area contributed by atoms with Crippen molar-refractivity contribution in [3.63, 3.8) is 0 Å². The van der Waals surface area contributed by atoms with Gasteiger partial charge in [0.15, 0.2) is 0 Å². The number of aromatic nitrogens is 2. The minimum absolute atomic E-state index is 0.241. The molecular weight excluding hydrogens is 312 g/mol. The van der Waals surface area contributed by atoms with Crippen molar-refractivity contribution in [3.8, 4) is 0 Å². The summed E-state index contributed by atoms with van der Waals surface area (Å²) in [6, 6.07) is 11.0. The van der Waals surface area contributed by atoms with Crippen molar-refractivity contribution in [3.05, 3.63) is 53.9 Å². The van der Waals surface area contributed by atoms with Crippen LogP contribution >= 0.6 is 0 Å². The number of nitrogens with zero attached hydrogens (tertiary/aromatic N) is 4. The molecule has 25 heavy (non-hydrogen) atoms. The topological polar surface area (TPSA) is 41.4 Å². The van der Waals surface area contributed by atoms with E-state index in [9.17, 15) is 4.79 Å². The maximum Gasteiger partial charge on any atom is 0.222 e. The molecule has 1 amide bonds. The van der Waals surface area contributed by atoms with Gasteiger partial charge in [-0.05, 0) is 30.4 Å². The first-order valence-corrected chi connectivity index (χ1v) is 9.11. The van der Waals surface area contributed by atoms with E-state index in [1.165, 1.54) is 5.56 Å². The Balaban J connectivity index is 1.42. The molecule has 0 saturated carbocycles. The van der Waals surface area contributed by atoms with E-state index in [2.05, 4.69) is 40.3 Å². The molecule has 1 aromatic carbocycles. The zero-order valence-corrected chi connectivity index (χ0v) is 15.3. The van der Waals surface area contributed by atoms with Crippen LogP contribution < -0.4 is 0 Å². The quantitative estimate of drug-likeness (QED) is 0.811. The number of hydrogen-bond donors (Lipinski definition) is 0. The first kappa shape index (κ1) is 17.7. The number of likely N-dealkylation sites (tertiary alicyclic amines) is 1. The normalized spacial score (nSPS) is 16.1. The van der Waals surface area contributed by atoms with E-state index in [-0.39, 0.29) is 5.91 Å². The molecule has 1 aliphatic rings. The van der Waals surface area contributed by atoms with Crippen LogP contribution in [-0.2, 0) is 24.8 Å². The Morgan fingerprint density at radius 1 is 1.20 bits per heavy atom. The van der Waals surface area contributed by atoms with Crippen LogP contribution in [0.5, 0.6) is 0 Å². The van der Waals surface area contributed by atoms with Crippen LogP contribution in [0.3, 0.4) is 0 Å². The fourth-order valence-corrected chi connectivity index (χ4v) is 3.54. The van der Waals surface area contributed by atoms with Crippen molar-refractivity contribution in [2.75, 3.05) is 20.1 Å². The average molecular weight is 340 g/mol. The van der Waals surface area contributed by atoms with Crippen LogP contribution in [0.2, 0.25) is 0 Å². The van der Waals surface area contributed by atoms with Crippen LogP contribution in [0.15, 0.2) is 42.7 Å². The zero-order valence-electron chi connectivity index (χ0n) is 15.3. The van der Waals surface area contributed by atoms with Gasteiger partial charge in [0.2, 0.25) is 5.91 Å². The molecule has 0 spiro atoms. The van der Waals surface area contributed by atoms with Crippen molar-refractivity contribution in [2.24, 2.45) is 7.05 Å². The number of rotatable bonds is 6. The van der Waals surface area contributed by atoms with Gasteiger partial charge in [-0.1, -0.05) is 30.3 Å². The first-order chi connectivity index (χ1) is 12.1. The van der Waals surface area contributed by atoms with Gasteiger partial charge >= 0.3 is 0 Å². The van der Waals surface area contributed by atoms with Crippen LogP contribution in [0.4, 0.5) is 0 Å². The van der Waals surface area contributed by atoms with Crippen LogP contribution in [0.25, 0.3) is 0 Å². The van der Waals surface area contributed by atoms with Gasteiger partial charge in [0, 0.05) is 52.4 Å². The molecule has 0 bridgehead atoms. The van der Waals surface area contributed by atoms with E-state index < -0.39 is 0 Å². The summed E-state index contributed by atoms with van der Waals surface area (Å²) in [4.78, 5) is 16.9. The number of carbonyl (C=O) groups is 1.